The Morgan fingerprint density at radius 3 is 2.56 bits per heavy atom. The van der Waals surface area contributed by atoms with E-state index in [0.717, 1.165) is 16.7 Å². The van der Waals surface area contributed by atoms with Crippen molar-refractivity contribution in [3.05, 3.63) is 87.9 Å². The first kappa shape index (κ1) is 34.1. The van der Waals surface area contributed by atoms with E-state index in [1.807, 2.05) is 80.6 Å². The number of fused-ring (bicyclic) bond motifs is 2. The highest BCUT2D eigenvalue weighted by atomic mass is 79.9. The largest absolute Gasteiger partial charge is 0.463 e. The van der Waals surface area contributed by atoms with Crippen LogP contribution in [0.1, 0.15) is 54.8 Å². The number of cyclic esters (lactones) is 1. The summed E-state index contributed by atoms with van der Waals surface area (Å²) in [4.78, 5) is 60.0. The molecule has 2 aromatic rings. The highest BCUT2D eigenvalue weighted by molar-refractivity contribution is 9.11. The Balaban J connectivity index is 1.45. The number of esters is 1. The Hall–Kier alpha value is -3.80. The van der Waals surface area contributed by atoms with Gasteiger partial charge in [-0.05, 0) is 68.4 Å². The van der Waals surface area contributed by atoms with Crippen LogP contribution in [-0.4, -0.2) is 77.7 Å². The number of carbonyl (C=O) groups is 4. The lowest BCUT2D eigenvalue weighted by atomic mass is 9.74. The molecule has 4 aliphatic heterocycles. The standard InChI is InChI=1S/C37H42BrN3O7/c1-23-15-16-24(2)28(20-23)40-17-9-4-8-14-29(43)47-22-27(25-12-6-3-7-13-25)39-34(44)30-31-35(45)41(18-10-5-11-19-42)33(36(40)46)37(31)21-26(38)32(30)48-37/h3-4,6-7,9,12-13,15-16,20-21,27,30-33,42H,5,8,10-11,14,17-19,22H2,1-2H3,(H,39,44)/b9-4-/t27-,30-,31+,32-,33-,37+/m1/s1. The summed E-state index contributed by atoms with van der Waals surface area (Å²) in [7, 11) is 0. The first-order valence-electron chi connectivity index (χ1n) is 16.7. The second-order valence-corrected chi connectivity index (χ2v) is 14.0. The molecule has 4 aliphatic rings. The van der Waals surface area contributed by atoms with Crippen molar-refractivity contribution < 1.29 is 33.8 Å². The smallest absolute Gasteiger partial charge is 0.306 e. The number of rotatable bonds is 7. The molecular weight excluding hydrogens is 678 g/mol. The minimum atomic E-state index is -1.38. The van der Waals surface area contributed by atoms with Crippen LogP contribution in [0.3, 0.4) is 0 Å². The second-order valence-electron chi connectivity index (χ2n) is 13.0. The number of amides is 3. The third-order valence-electron chi connectivity index (χ3n) is 9.84. The topological polar surface area (TPSA) is 125 Å². The summed E-state index contributed by atoms with van der Waals surface area (Å²) in [6.45, 7) is 4.35. The van der Waals surface area contributed by atoms with Gasteiger partial charge in [-0.25, -0.2) is 0 Å². The van der Waals surface area contributed by atoms with E-state index in [0.29, 0.717) is 35.9 Å². The number of likely N-dealkylation sites (tertiary alicyclic amines) is 1. The molecular formula is C37H42BrN3O7. The van der Waals surface area contributed by atoms with Crippen molar-refractivity contribution in [2.45, 2.75) is 69.7 Å². The number of aliphatic hydroxyl groups is 1. The number of nitrogens with zero attached hydrogens (tertiary/aromatic N) is 2. The molecule has 2 aromatic carbocycles. The summed E-state index contributed by atoms with van der Waals surface area (Å²) in [5.41, 5.74) is 1.96. The lowest BCUT2D eigenvalue weighted by Crippen LogP contribution is -2.56. The lowest BCUT2D eigenvalue weighted by Gasteiger charge is -2.36. The van der Waals surface area contributed by atoms with Crippen LogP contribution in [0.4, 0.5) is 5.69 Å². The van der Waals surface area contributed by atoms with Crippen LogP contribution >= 0.6 is 15.9 Å². The molecule has 254 valence electrons. The third-order valence-corrected chi connectivity index (χ3v) is 10.5. The van der Waals surface area contributed by atoms with Gasteiger partial charge in [0.05, 0.1) is 17.9 Å². The molecule has 6 atom stereocenters. The maximum absolute atomic E-state index is 15.1. The lowest BCUT2D eigenvalue weighted by molar-refractivity contribution is -0.145. The Morgan fingerprint density at radius 1 is 1.00 bits per heavy atom. The molecule has 3 amide bonds. The average molecular weight is 721 g/mol. The number of hydrogen-bond acceptors (Lipinski definition) is 7. The number of carbonyl (C=O) groups excluding carboxylic acids is 4. The van der Waals surface area contributed by atoms with E-state index in [1.165, 1.54) is 0 Å². The summed E-state index contributed by atoms with van der Waals surface area (Å²) >= 11 is 3.63. The monoisotopic (exact) mass is 719 g/mol. The van der Waals surface area contributed by atoms with Crippen LogP contribution in [0.2, 0.25) is 0 Å². The highest BCUT2D eigenvalue weighted by Crippen LogP contribution is 2.59. The van der Waals surface area contributed by atoms with Gasteiger partial charge in [-0.15, -0.1) is 0 Å². The Morgan fingerprint density at radius 2 is 1.79 bits per heavy atom. The van der Waals surface area contributed by atoms with Gasteiger partial charge in [0.2, 0.25) is 11.8 Å². The number of aliphatic hydroxyl groups excluding tert-OH is 1. The molecule has 11 heteroatoms. The summed E-state index contributed by atoms with van der Waals surface area (Å²) in [5, 5.41) is 12.5. The zero-order valence-electron chi connectivity index (χ0n) is 27.3. The number of anilines is 1. The fraction of sp³-hybridized carbons (Fsp3) is 0.459. The van der Waals surface area contributed by atoms with Crippen molar-refractivity contribution in [1.82, 2.24) is 10.2 Å². The number of unbranched alkanes of at least 4 members (excludes halogenated alkanes) is 2. The number of allylic oxidation sites excluding steroid dienone is 1. The number of halogens is 1. The summed E-state index contributed by atoms with van der Waals surface area (Å²) in [6.07, 6.45) is 7.16. The number of hydrogen-bond donors (Lipinski definition) is 2. The highest BCUT2D eigenvalue weighted by Gasteiger charge is 2.74. The van der Waals surface area contributed by atoms with Gasteiger partial charge < -0.3 is 29.7 Å². The predicted molar refractivity (Wildman–Crippen MR) is 183 cm³/mol. The number of benzene rings is 2. The van der Waals surface area contributed by atoms with Crippen LogP contribution in [0.15, 0.2) is 71.2 Å². The predicted octanol–water partition coefficient (Wildman–Crippen LogP) is 4.42. The van der Waals surface area contributed by atoms with Gasteiger partial charge in [0.25, 0.3) is 5.91 Å². The minimum absolute atomic E-state index is 0.0379. The van der Waals surface area contributed by atoms with Crippen LogP contribution in [0.25, 0.3) is 0 Å². The first-order valence-corrected chi connectivity index (χ1v) is 17.5. The molecule has 5 bridgehead atoms. The second kappa shape index (κ2) is 14.4. The molecule has 1 spiro atoms. The van der Waals surface area contributed by atoms with Crippen LogP contribution in [-0.2, 0) is 28.7 Å². The zero-order chi connectivity index (χ0) is 34.0. The Labute approximate surface area is 289 Å². The molecule has 0 radical (unpaired) electrons. The van der Waals surface area contributed by atoms with E-state index < -0.39 is 47.5 Å². The molecule has 0 unspecified atom stereocenters. The van der Waals surface area contributed by atoms with Crippen LogP contribution in [0, 0.1) is 25.7 Å². The van der Waals surface area contributed by atoms with Crippen molar-refractivity contribution in [2.75, 3.05) is 31.2 Å². The number of nitrogens with one attached hydrogen (secondary N) is 1. The molecule has 48 heavy (non-hydrogen) atoms. The molecule has 0 aliphatic carbocycles. The molecule has 0 aromatic heterocycles. The Kier molecular flexibility index (Phi) is 10.2. The van der Waals surface area contributed by atoms with E-state index in [9.17, 15) is 19.5 Å². The van der Waals surface area contributed by atoms with Gasteiger partial charge in [-0.2, -0.15) is 0 Å². The summed E-state index contributed by atoms with van der Waals surface area (Å²) in [5.74, 6) is -3.31. The quantitative estimate of drug-likeness (QED) is 0.247. The third kappa shape index (κ3) is 6.35. The van der Waals surface area contributed by atoms with Gasteiger partial charge in [-0.1, -0.05) is 70.5 Å². The fourth-order valence-corrected chi connectivity index (χ4v) is 8.23. The van der Waals surface area contributed by atoms with E-state index >= 15 is 4.79 Å². The van der Waals surface area contributed by atoms with Crippen LogP contribution < -0.4 is 10.2 Å². The van der Waals surface area contributed by atoms with Gasteiger partial charge >= 0.3 is 5.97 Å². The number of aryl methyl sites for hydroxylation is 2. The van der Waals surface area contributed by atoms with Crippen molar-refractivity contribution in [3.63, 3.8) is 0 Å². The molecule has 10 nitrogen and oxygen atoms in total. The van der Waals surface area contributed by atoms with Crippen molar-refractivity contribution in [2.24, 2.45) is 11.8 Å². The molecule has 4 heterocycles. The zero-order valence-corrected chi connectivity index (χ0v) is 28.9. The van der Waals surface area contributed by atoms with Crippen molar-refractivity contribution in [1.29, 1.82) is 0 Å². The van der Waals surface area contributed by atoms with Gasteiger partial charge in [0.15, 0.2) is 0 Å². The van der Waals surface area contributed by atoms with E-state index in [-0.39, 0.29) is 44.5 Å². The fourth-order valence-electron chi connectivity index (χ4n) is 7.49. The minimum Gasteiger partial charge on any atom is -0.463 e. The number of ether oxygens (including phenoxy) is 2. The normalized spacial score (nSPS) is 29.8. The van der Waals surface area contributed by atoms with Crippen molar-refractivity contribution >= 4 is 45.3 Å². The van der Waals surface area contributed by atoms with Gasteiger partial charge in [-0.3, -0.25) is 19.2 Å². The molecule has 2 fully saturated rings. The van der Waals surface area contributed by atoms with Gasteiger partial charge in [0, 0.05) is 36.3 Å². The van der Waals surface area contributed by atoms with E-state index in [2.05, 4.69) is 21.2 Å². The summed E-state index contributed by atoms with van der Waals surface area (Å²) in [6, 6.07) is 13.5. The van der Waals surface area contributed by atoms with E-state index in [4.69, 9.17) is 9.47 Å². The van der Waals surface area contributed by atoms with E-state index in [1.54, 1.807) is 9.80 Å². The SMILES string of the molecule is Cc1ccc(C)c(N2C/C=C\CCC(=O)OC[C@H](c3ccccc3)NC(=O)[C@H]3[C@@H]4O[C@@]5(C=C4Br)[C@@H]3C(=O)N(CCCCCO)[C@@H]5C2=O)c1. The summed E-state index contributed by atoms with van der Waals surface area (Å²) < 4.78 is 12.9. The van der Waals surface area contributed by atoms with Crippen LogP contribution in [0.5, 0.6) is 0 Å². The first-order chi connectivity index (χ1) is 23.2. The average Bonchev–Trinajstić information content (AvgIpc) is 3.67. The maximum Gasteiger partial charge on any atom is 0.306 e. The molecule has 2 saturated heterocycles. The molecule has 6 rings (SSSR count). The van der Waals surface area contributed by atoms with Gasteiger partial charge in [0.1, 0.15) is 24.4 Å². The Bertz CT molecular complexity index is 1630. The molecule has 2 N–H and O–H groups in total. The molecule has 0 saturated carbocycles. The maximum atomic E-state index is 15.1. The van der Waals surface area contributed by atoms with Crippen molar-refractivity contribution in [3.8, 4) is 0 Å².